The van der Waals surface area contributed by atoms with E-state index in [0.717, 1.165) is 75.9 Å². The molecule has 294 valence electrons. The van der Waals surface area contributed by atoms with Crippen LogP contribution in [0.15, 0.2) is 60.9 Å². The number of benzene rings is 2. The van der Waals surface area contributed by atoms with E-state index in [9.17, 15) is 24.3 Å². The monoisotopic (exact) mass is 762 g/mol. The highest BCUT2D eigenvalue weighted by molar-refractivity contribution is 5.88. The Balaban J connectivity index is 0.936. The first-order valence-corrected chi connectivity index (χ1v) is 19.6. The molecule has 2 saturated heterocycles. The van der Waals surface area contributed by atoms with Gasteiger partial charge in [-0.3, -0.25) is 14.5 Å². The summed E-state index contributed by atoms with van der Waals surface area (Å²) in [6, 6.07) is 15.0. The van der Waals surface area contributed by atoms with Crippen molar-refractivity contribution in [1.29, 1.82) is 0 Å². The molecule has 4 aliphatic rings. The average molecular weight is 763 g/mol. The third-order valence-corrected chi connectivity index (χ3v) is 12.3. The van der Waals surface area contributed by atoms with Gasteiger partial charge in [0.15, 0.2) is 0 Å². The smallest absolute Gasteiger partial charge is 0.407 e. The molecular weight excluding hydrogens is 713 g/mol. The van der Waals surface area contributed by atoms with Gasteiger partial charge in [0.2, 0.25) is 11.8 Å². The van der Waals surface area contributed by atoms with Crippen LogP contribution in [-0.4, -0.2) is 102 Å². The molecule has 2 aliphatic carbocycles. The zero-order chi connectivity index (χ0) is 39.6. The zero-order valence-corrected chi connectivity index (χ0v) is 32.6. The topological polar surface area (TPSA) is 177 Å². The minimum absolute atomic E-state index is 0.100. The molecule has 56 heavy (non-hydrogen) atoms. The summed E-state index contributed by atoms with van der Waals surface area (Å²) < 4.78 is 4.79. The maximum absolute atomic E-state index is 13.8. The Morgan fingerprint density at radius 1 is 0.732 bits per heavy atom. The molecule has 0 radical (unpaired) electrons. The molecule has 4 amide bonds. The number of H-pyrrole nitrogens is 2. The summed E-state index contributed by atoms with van der Waals surface area (Å²) >= 11 is 0. The molecule has 14 heteroatoms. The number of nitrogens with one attached hydrogen (secondary N) is 3. The Morgan fingerprint density at radius 2 is 1.18 bits per heavy atom. The van der Waals surface area contributed by atoms with Crippen LogP contribution in [0.1, 0.15) is 77.1 Å². The highest BCUT2D eigenvalue weighted by Gasteiger charge is 2.57. The number of fused-ring (bicyclic) bond motifs is 2. The summed E-state index contributed by atoms with van der Waals surface area (Å²) in [5, 5.41) is 12.4. The number of imidazole rings is 2. The second-order valence-electron chi connectivity index (χ2n) is 16.6. The van der Waals surface area contributed by atoms with E-state index in [0.29, 0.717) is 11.8 Å². The van der Waals surface area contributed by atoms with Gasteiger partial charge < -0.3 is 34.9 Å². The van der Waals surface area contributed by atoms with Gasteiger partial charge in [0, 0.05) is 19.1 Å². The van der Waals surface area contributed by atoms with Crippen LogP contribution in [0, 0.1) is 23.7 Å². The minimum Gasteiger partial charge on any atom is -0.465 e. The number of carboxylic acid groups (broad SMARTS) is 1. The molecule has 2 saturated carbocycles. The normalized spacial score (nSPS) is 24.4. The number of ether oxygens (including phenoxy) is 1. The van der Waals surface area contributed by atoms with Crippen LogP contribution in [0.3, 0.4) is 0 Å². The summed E-state index contributed by atoms with van der Waals surface area (Å²) in [4.78, 5) is 72.7. The van der Waals surface area contributed by atoms with Crippen molar-refractivity contribution in [2.45, 2.75) is 89.6 Å². The molecule has 4 aromatic rings. The lowest BCUT2D eigenvalue weighted by atomic mass is 10.0. The fraction of sp³-hybridized carbons (Fsp3) is 0.476. The third kappa shape index (κ3) is 6.79. The summed E-state index contributed by atoms with van der Waals surface area (Å²) in [5.41, 5.74) is 5.78. The van der Waals surface area contributed by atoms with Crippen molar-refractivity contribution < 1.29 is 29.0 Å². The fourth-order valence-corrected chi connectivity index (χ4v) is 9.05. The van der Waals surface area contributed by atoms with Gasteiger partial charge in [-0.15, -0.1) is 0 Å². The number of hydrogen-bond donors (Lipinski definition) is 4. The number of carbonyl (C=O) groups is 4. The van der Waals surface area contributed by atoms with Gasteiger partial charge in [0.05, 0.1) is 43.0 Å². The lowest BCUT2D eigenvalue weighted by Gasteiger charge is -2.35. The standard InChI is InChI=1S/C42H50N8O6/c1-21(2)35(47-41(53)56-6)39(51)49-31-15-27(31)17-33(49)37-43-19-29(45-37)25-11-7-23(8-12-25)24-9-13-26(14-10-24)30-20-44-38(46-30)34-18-28-16-32(28)50(34)40(52)36(22(3)4)48(5)42(54)55/h7-14,19-22,27-28,31-36H,15-18H2,1-6H3,(H,43,45)(H,44,46)(H,47,53)(H,54,55)/t27-,28+,31+,32+,33+,34+,35-,36-/m1/s1. The molecule has 0 unspecified atom stereocenters. The number of likely N-dealkylation sites (N-methyl/N-ethyl adjacent to an activating group) is 1. The van der Waals surface area contributed by atoms with Gasteiger partial charge in [-0.25, -0.2) is 19.6 Å². The lowest BCUT2D eigenvalue weighted by Crippen LogP contribution is -2.52. The zero-order valence-electron chi connectivity index (χ0n) is 32.6. The largest absolute Gasteiger partial charge is 0.465 e. The first-order chi connectivity index (χ1) is 26.8. The molecule has 0 spiro atoms. The van der Waals surface area contributed by atoms with Gasteiger partial charge in [-0.05, 0) is 71.6 Å². The second kappa shape index (κ2) is 14.4. The van der Waals surface area contributed by atoms with Crippen LogP contribution in [0.2, 0.25) is 0 Å². The minimum atomic E-state index is -1.11. The number of rotatable bonds is 11. The number of likely N-dealkylation sites (tertiary alicyclic amines) is 2. The Kier molecular flexibility index (Phi) is 9.61. The van der Waals surface area contributed by atoms with E-state index < -0.39 is 24.3 Å². The number of aromatic amines is 2. The van der Waals surface area contributed by atoms with E-state index in [2.05, 4.69) is 63.8 Å². The molecule has 0 bridgehead atoms. The predicted molar refractivity (Wildman–Crippen MR) is 208 cm³/mol. The van der Waals surface area contributed by atoms with Crippen LogP contribution in [0.4, 0.5) is 9.59 Å². The number of alkyl carbamates (subject to hydrolysis) is 1. The number of piperidine rings is 2. The summed E-state index contributed by atoms with van der Waals surface area (Å²) in [5.74, 6) is 1.81. The van der Waals surface area contributed by atoms with Crippen LogP contribution in [0.5, 0.6) is 0 Å². The van der Waals surface area contributed by atoms with Crippen molar-refractivity contribution in [3.8, 4) is 33.6 Å². The highest BCUT2D eigenvalue weighted by atomic mass is 16.5. The second-order valence-corrected chi connectivity index (χ2v) is 16.6. The van der Waals surface area contributed by atoms with E-state index in [1.165, 1.54) is 14.2 Å². The molecule has 2 aromatic carbocycles. The summed E-state index contributed by atoms with van der Waals surface area (Å²) in [7, 11) is 2.76. The van der Waals surface area contributed by atoms with Crippen molar-refractivity contribution in [2.24, 2.45) is 23.7 Å². The number of aromatic nitrogens is 4. The Morgan fingerprint density at radius 3 is 1.59 bits per heavy atom. The van der Waals surface area contributed by atoms with Crippen LogP contribution in [-0.2, 0) is 14.3 Å². The van der Waals surface area contributed by atoms with E-state index in [1.807, 2.05) is 43.7 Å². The Hall–Kier alpha value is -5.66. The van der Waals surface area contributed by atoms with Gasteiger partial charge in [-0.1, -0.05) is 76.2 Å². The van der Waals surface area contributed by atoms with Crippen molar-refractivity contribution in [1.82, 2.24) is 40.0 Å². The molecule has 14 nitrogen and oxygen atoms in total. The predicted octanol–water partition coefficient (Wildman–Crippen LogP) is 6.47. The highest BCUT2D eigenvalue weighted by Crippen LogP contribution is 2.54. The maximum Gasteiger partial charge on any atom is 0.407 e. The van der Waals surface area contributed by atoms with E-state index in [-0.39, 0.29) is 47.8 Å². The number of hydrogen-bond acceptors (Lipinski definition) is 7. The van der Waals surface area contributed by atoms with Gasteiger partial charge >= 0.3 is 12.2 Å². The number of nitrogens with zero attached hydrogens (tertiary/aromatic N) is 5. The lowest BCUT2D eigenvalue weighted by molar-refractivity contribution is -0.140. The average Bonchev–Trinajstić information content (AvgIpc) is 3.78. The van der Waals surface area contributed by atoms with E-state index >= 15 is 0 Å². The molecule has 4 N–H and O–H groups in total. The third-order valence-electron chi connectivity index (χ3n) is 12.3. The van der Waals surface area contributed by atoms with E-state index in [1.54, 1.807) is 6.20 Å². The first-order valence-electron chi connectivity index (χ1n) is 19.6. The molecule has 4 fully saturated rings. The molecule has 8 rings (SSSR count). The molecule has 2 aliphatic heterocycles. The van der Waals surface area contributed by atoms with Crippen molar-refractivity contribution in [3.63, 3.8) is 0 Å². The maximum atomic E-state index is 13.8. The fourth-order valence-electron chi connectivity index (χ4n) is 9.05. The van der Waals surface area contributed by atoms with Gasteiger partial charge in [0.25, 0.3) is 0 Å². The van der Waals surface area contributed by atoms with Crippen molar-refractivity contribution in [2.75, 3.05) is 14.2 Å². The number of carbonyl (C=O) groups excluding carboxylic acids is 3. The summed E-state index contributed by atoms with van der Waals surface area (Å²) in [6.07, 6.45) is 5.47. The number of amides is 4. The van der Waals surface area contributed by atoms with Crippen LogP contribution >= 0.6 is 0 Å². The molecular formula is C42H50N8O6. The van der Waals surface area contributed by atoms with Crippen LogP contribution in [0.25, 0.3) is 33.6 Å². The van der Waals surface area contributed by atoms with Crippen LogP contribution < -0.4 is 5.32 Å². The Labute approximate surface area is 326 Å². The van der Waals surface area contributed by atoms with Crippen molar-refractivity contribution >= 4 is 24.0 Å². The van der Waals surface area contributed by atoms with E-state index in [4.69, 9.17) is 14.7 Å². The first kappa shape index (κ1) is 37.3. The Bertz CT molecular complexity index is 2130. The molecule has 2 aromatic heterocycles. The van der Waals surface area contributed by atoms with Gasteiger partial charge in [0.1, 0.15) is 23.7 Å². The molecule has 8 atom stereocenters. The SMILES string of the molecule is COC(=O)N[C@@H](C(=O)N1[C@H](c2ncc(-c3ccc(-c4ccc(-c5cnc([C@@H]6C[C@@H]7C[C@@H]7N6C(=O)[C@@H](C(C)C)N(C)C(=O)O)[nH]5)cc4)cc3)[nH]2)C[C@H]2C[C@@H]21)C(C)C. The summed E-state index contributed by atoms with van der Waals surface area (Å²) in [6.45, 7) is 7.59. The quantitative estimate of drug-likeness (QED) is 0.134. The van der Waals surface area contributed by atoms with Crippen molar-refractivity contribution in [3.05, 3.63) is 72.6 Å². The number of methoxy groups -OCH3 is 1. The van der Waals surface area contributed by atoms with Gasteiger partial charge in [-0.2, -0.15) is 0 Å². The molecule has 4 heterocycles.